The molecule has 0 amide bonds. The van der Waals surface area contributed by atoms with Crippen LogP contribution in [0.5, 0.6) is 0 Å². The van der Waals surface area contributed by atoms with E-state index in [0.29, 0.717) is 6.04 Å². The number of nitrogens with one attached hydrogen (secondary N) is 2. The summed E-state index contributed by atoms with van der Waals surface area (Å²) < 4.78 is 5.41. The van der Waals surface area contributed by atoms with E-state index < -0.39 is 0 Å². The smallest absolute Gasteiger partial charge is 0.191 e. The molecule has 1 aliphatic rings. The molecule has 0 radical (unpaired) electrons. The number of piperidine rings is 1. The van der Waals surface area contributed by atoms with Gasteiger partial charge in [0.05, 0.1) is 12.6 Å². The number of aliphatic imine (C=N–C) groups is 1. The summed E-state index contributed by atoms with van der Waals surface area (Å²) in [4.78, 5) is 8.98. The maximum absolute atomic E-state index is 5.41. The Morgan fingerprint density at radius 2 is 2.07 bits per heavy atom. The van der Waals surface area contributed by atoms with E-state index in [-0.39, 0.29) is 24.0 Å². The van der Waals surface area contributed by atoms with Crippen LogP contribution in [0, 0.1) is 5.92 Å². The fourth-order valence-electron chi connectivity index (χ4n) is 3.41. The predicted octanol–water partition coefficient (Wildman–Crippen LogP) is 4.51. The average Bonchev–Trinajstić information content (AvgIpc) is 3.20. The number of likely N-dealkylation sites (tertiary alicyclic amines) is 1. The molecule has 1 aliphatic heterocycles. The Morgan fingerprint density at radius 3 is 2.71 bits per heavy atom. The summed E-state index contributed by atoms with van der Waals surface area (Å²) in [5.74, 6) is 1.78. The summed E-state index contributed by atoms with van der Waals surface area (Å²) in [6, 6.07) is 4.81. The molecule has 0 aromatic carbocycles. The van der Waals surface area contributed by atoms with Gasteiger partial charge in [0.2, 0.25) is 0 Å². The Labute approximate surface area is 192 Å². The van der Waals surface area contributed by atoms with Crippen molar-refractivity contribution in [1.82, 2.24) is 15.5 Å². The zero-order valence-corrected chi connectivity index (χ0v) is 20.9. The van der Waals surface area contributed by atoms with Gasteiger partial charge in [-0.05, 0) is 70.0 Å². The molecule has 2 heterocycles. The van der Waals surface area contributed by atoms with Crippen LogP contribution in [-0.2, 0) is 4.74 Å². The molecule has 162 valence electrons. The van der Waals surface area contributed by atoms with E-state index in [0.717, 1.165) is 57.6 Å². The zero-order chi connectivity index (χ0) is 19.3. The monoisotopic (exact) mass is 522 g/mol. The first kappa shape index (κ1) is 25.7. The minimum absolute atomic E-state index is 0. The molecule has 1 aromatic rings. The predicted molar refractivity (Wildman–Crippen MR) is 132 cm³/mol. The molecule has 5 nitrogen and oxygen atoms in total. The molecule has 1 aromatic heterocycles. The summed E-state index contributed by atoms with van der Waals surface area (Å²) in [5.41, 5.74) is 0. The second kappa shape index (κ2) is 15.5. The standard InChI is InChI=1S/C21H38N4OS.HI/c1-4-22-21(23-12-6-7-15-26-5-2)24-17-19(20-9-8-16-27-20)25-13-10-18(3)11-14-25;/h8-9,16,18-19H,4-7,10-15,17H2,1-3H3,(H2,22,23,24);1H. The van der Waals surface area contributed by atoms with E-state index in [9.17, 15) is 0 Å². The van der Waals surface area contributed by atoms with E-state index in [1.165, 1.54) is 30.8 Å². The largest absolute Gasteiger partial charge is 0.382 e. The van der Waals surface area contributed by atoms with Crippen molar-refractivity contribution in [3.63, 3.8) is 0 Å². The minimum atomic E-state index is 0. The van der Waals surface area contributed by atoms with Gasteiger partial charge in [0, 0.05) is 31.2 Å². The fourth-order valence-corrected chi connectivity index (χ4v) is 4.26. The zero-order valence-electron chi connectivity index (χ0n) is 17.8. The van der Waals surface area contributed by atoms with Crippen LogP contribution in [0.2, 0.25) is 0 Å². The molecule has 0 saturated carbocycles. The number of unbranched alkanes of at least 4 members (excludes halogenated alkanes) is 1. The van der Waals surface area contributed by atoms with Gasteiger partial charge in [0.25, 0.3) is 0 Å². The van der Waals surface area contributed by atoms with Crippen LogP contribution in [0.25, 0.3) is 0 Å². The van der Waals surface area contributed by atoms with Crippen LogP contribution in [0.4, 0.5) is 0 Å². The number of halogens is 1. The number of nitrogens with zero attached hydrogens (tertiary/aromatic N) is 2. The van der Waals surface area contributed by atoms with Crippen molar-refractivity contribution >= 4 is 41.3 Å². The first-order valence-corrected chi connectivity index (χ1v) is 11.5. The molecular formula is C21H39IN4OS. The first-order valence-electron chi connectivity index (χ1n) is 10.6. The summed E-state index contributed by atoms with van der Waals surface area (Å²) in [6.07, 6.45) is 4.78. The normalized spacial score (nSPS) is 17.2. The second-order valence-electron chi connectivity index (χ2n) is 7.30. The number of guanidine groups is 1. The third-order valence-electron chi connectivity index (χ3n) is 5.11. The van der Waals surface area contributed by atoms with E-state index in [2.05, 4.69) is 46.9 Å². The molecule has 0 bridgehead atoms. The molecule has 0 spiro atoms. The lowest BCUT2D eigenvalue weighted by molar-refractivity contribution is 0.143. The highest BCUT2D eigenvalue weighted by atomic mass is 127. The highest BCUT2D eigenvalue weighted by Gasteiger charge is 2.25. The van der Waals surface area contributed by atoms with Crippen molar-refractivity contribution < 1.29 is 4.74 Å². The molecule has 2 N–H and O–H groups in total. The van der Waals surface area contributed by atoms with Crippen molar-refractivity contribution in [1.29, 1.82) is 0 Å². The summed E-state index contributed by atoms with van der Waals surface area (Å²) in [7, 11) is 0. The van der Waals surface area contributed by atoms with Gasteiger partial charge in [0.1, 0.15) is 0 Å². The van der Waals surface area contributed by atoms with Crippen molar-refractivity contribution in [2.24, 2.45) is 10.9 Å². The summed E-state index contributed by atoms with van der Waals surface area (Å²) in [5, 5.41) is 9.05. The van der Waals surface area contributed by atoms with Gasteiger partial charge < -0.3 is 15.4 Å². The number of rotatable bonds is 11. The minimum Gasteiger partial charge on any atom is -0.382 e. The molecule has 1 fully saturated rings. The van der Waals surface area contributed by atoms with Crippen LogP contribution in [0.15, 0.2) is 22.5 Å². The van der Waals surface area contributed by atoms with Crippen molar-refractivity contribution in [2.75, 3.05) is 45.9 Å². The van der Waals surface area contributed by atoms with Crippen LogP contribution >= 0.6 is 35.3 Å². The van der Waals surface area contributed by atoms with Gasteiger partial charge in [-0.15, -0.1) is 35.3 Å². The number of hydrogen-bond acceptors (Lipinski definition) is 4. The Balaban J connectivity index is 0.00000392. The van der Waals surface area contributed by atoms with Gasteiger partial charge >= 0.3 is 0 Å². The van der Waals surface area contributed by atoms with Crippen LogP contribution in [0.1, 0.15) is 57.4 Å². The van der Waals surface area contributed by atoms with Crippen LogP contribution < -0.4 is 10.6 Å². The third-order valence-corrected chi connectivity index (χ3v) is 6.08. The van der Waals surface area contributed by atoms with Crippen LogP contribution in [-0.4, -0.2) is 56.8 Å². The first-order chi connectivity index (χ1) is 13.2. The lowest BCUT2D eigenvalue weighted by Crippen LogP contribution is -2.40. The van der Waals surface area contributed by atoms with E-state index >= 15 is 0 Å². The van der Waals surface area contributed by atoms with Crippen molar-refractivity contribution in [3.8, 4) is 0 Å². The highest BCUT2D eigenvalue weighted by Crippen LogP contribution is 2.29. The van der Waals surface area contributed by atoms with E-state index in [1.54, 1.807) is 0 Å². The molecule has 1 saturated heterocycles. The molecule has 1 unspecified atom stereocenters. The maximum Gasteiger partial charge on any atom is 0.191 e. The van der Waals surface area contributed by atoms with Gasteiger partial charge in [-0.1, -0.05) is 13.0 Å². The molecule has 2 rings (SSSR count). The Morgan fingerprint density at radius 1 is 1.29 bits per heavy atom. The van der Waals surface area contributed by atoms with Crippen LogP contribution in [0.3, 0.4) is 0 Å². The molecule has 0 aliphatic carbocycles. The van der Waals surface area contributed by atoms with Gasteiger partial charge in [-0.2, -0.15) is 0 Å². The quantitative estimate of drug-likeness (QED) is 0.194. The third kappa shape index (κ3) is 9.41. The molecule has 7 heteroatoms. The van der Waals surface area contributed by atoms with Crippen molar-refractivity contribution in [3.05, 3.63) is 22.4 Å². The number of thiophene rings is 1. The lowest BCUT2D eigenvalue weighted by Gasteiger charge is -2.35. The molecular weight excluding hydrogens is 483 g/mol. The summed E-state index contributed by atoms with van der Waals surface area (Å²) >= 11 is 1.85. The van der Waals surface area contributed by atoms with Crippen molar-refractivity contribution in [2.45, 2.75) is 52.5 Å². The maximum atomic E-state index is 5.41. The van der Waals surface area contributed by atoms with Gasteiger partial charge in [-0.3, -0.25) is 9.89 Å². The van der Waals surface area contributed by atoms with Gasteiger partial charge in [-0.25, -0.2) is 0 Å². The Hall–Kier alpha value is -0.380. The Kier molecular flexibility index (Phi) is 14.2. The number of ether oxygens (including phenoxy) is 1. The van der Waals surface area contributed by atoms with E-state index in [4.69, 9.17) is 9.73 Å². The fraction of sp³-hybridized carbons (Fsp3) is 0.762. The second-order valence-corrected chi connectivity index (χ2v) is 8.28. The molecule has 28 heavy (non-hydrogen) atoms. The SMILES string of the molecule is CCNC(=NCC(c1cccs1)N1CCC(C)CC1)NCCCCOCC.I. The topological polar surface area (TPSA) is 48.9 Å². The lowest BCUT2D eigenvalue weighted by atomic mass is 9.97. The van der Waals surface area contributed by atoms with E-state index in [1.807, 2.05) is 18.3 Å². The molecule has 1 atom stereocenters. The number of hydrogen-bond donors (Lipinski definition) is 2. The average molecular weight is 523 g/mol. The highest BCUT2D eigenvalue weighted by molar-refractivity contribution is 14.0. The summed E-state index contributed by atoms with van der Waals surface area (Å²) in [6.45, 7) is 13.2. The Bertz CT molecular complexity index is 518. The van der Waals surface area contributed by atoms with Gasteiger partial charge in [0.15, 0.2) is 5.96 Å².